The molecule has 2 aliphatic heterocycles. The van der Waals surface area contributed by atoms with Crippen LogP contribution in [0.2, 0.25) is 0 Å². The number of fused-ring (bicyclic) bond motifs is 1. The van der Waals surface area contributed by atoms with Crippen molar-refractivity contribution in [3.05, 3.63) is 41.3 Å². The summed E-state index contributed by atoms with van der Waals surface area (Å²) < 4.78 is 5.79. The average Bonchev–Trinajstić information content (AvgIpc) is 3.87. The van der Waals surface area contributed by atoms with E-state index in [1.54, 1.807) is 25.3 Å². The maximum absolute atomic E-state index is 13.4. The van der Waals surface area contributed by atoms with Gasteiger partial charge in [-0.15, -0.1) is 0 Å². The highest BCUT2D eigenvalue weighted by Crippen LogP contribution is 2.39. The first-order chi connectivity index (χ1) is 22.0. The van der Waals surface area contributed by atoms with Crippen molar-refractivity contribution in [2.75, 3.05) is 56.7 Å². The highest BCUT2D eigenvalue weighted by molar-refractivity contribution is 6.04. The molecule has 0 radical (unpaired) electrons. The number of rotatable bonds is 10. The number of hydrogen-bond acceptors (Lipinski definition) is 8. The number of hydrogen-bond donors (Lipinski definition) is 0. The summed E-state index contributed by atoms with van der Waals surface area (Å²) >= 11 is 0. The summed E-state index contributed by atoms with van der Waals surface area (Å²) in [6.45, 7) is 14.5. The molecule has 0 bridgehead atoms. The van der Waals surface area contributed by atoms with Gasteiger partial charge in [-0.1, -0.05) is 19.1 Å². The van der Waals surface area contributed by atoms with E-state index in [0.717, 1.165) is 35.8 Å². The second-order valence-electron chi connectivity index (χ2n) is 15.1. The number of benzene rings is 1. The van der Waals surface area contributed by atoms with E-state index < -0.39 is 0 Å². The second kappa shape index (κ2) is 13.6. The summed E-state index contributed by atoms with van der Waals surface area (Å²) in [5, 5.41) is 0. The highest BCUT2D eigenvalue weighted by atomic mass is 16.5. The van der Waals surface area contributed by atoms with Gasteiger partial charge in [-0.25, -0.2) is 9.97 Å². The molecule has 9 heteroatoms. The maximum Gasteiger partial charge on any atom is 0.249 e. The number of aromatic nitrogens is 2. The predicted octanol–water partition coefficient (Wildman–Crippen LogP) is 5.60. The van der Waals surface area contributed by atoms with E-state index in [0.29, 0.717) is 48.4 Å². The van der Waals surface area contributed by atoms with E-state index in [9.17, 15) is 9.59 Å². The minimum Gasteiger partial charge on any atom is -0.496 e. The molecule has 4 aliphatic rings. The number of likely N-dealkylation sites (N-methyl/N-ethyl adjacent to an activating group) is 1. The molecule has 9 nitrogen and oxygen atoms in total. The molecule has 0 unspecified atom stereocenters. The van der Waals surface area contributed by atoms with Crippen LogP contribution in [0.5, 0.6) is 5.75 Å². The van der Waals surface area contributed by atoms with Crippen LogP contribution in [0, 0.1) is 11.8 Å². The monoisotopic (exact) mass is 630 g/mol. The number of nitrogens with zero attached hydrogens (tertiary/aromatic N) is 6. The summed E-state index contributed by atoms with van der Waals surface area (Å²) in [6, 6.07) is 6.22. The molecular weight excluding hydrogens is 576 g/mol. The Bertz CT molecular complexity index is 1400. The molecule has 0 spiro atoms. The minimum absolute atomic E-state index is 0.0636. The van der Waals surface area contributed by atoms with Crippen LogP contribution in [-0.2, 0) is 11.2 Å². The van der Waals surface area contributed by atoms with Crippen LogP contribution < -0.4 is 14.5 Å². The Hall–Kier alpha value is -3.04. The van der Waals surface area contributed by atoms with Gasteiger partial charge < -0.3 is 19.4 Å². The summed E-state index contributed by atoms with van der Waals surface area (Å²) in [6.07, 6.45) is 11.1. The summed E-state index contributed by atoms with van der Waals surface area (Å²) in [7, 11) is 3.45. The van der Waals surface area contributed by atoms with Gasteiger partial charge >= 0.3 is 0 Å². The van der Waals surface area contributed by atoms with Crippen LogP contribution >= 0.6 is 0 Å². The Morgan fingerprint density at radius 3 is 2.33 bits per heavy atom. The Morgan fingerprint density at radius 1 is 1.00 bits per heavy atom. The molecular formula is C37H54N6O3. The third-order valence-electron chi connectivity index (χ3n) is 10.8. The van der Waals surface area contributed by atoms with Crippen LogP contribution in [-0.4, -0.2) is 96.0 Å². The van der Waals surface area contributed by atoms with Gasteiger partial charge in [-0.2, -0.15) is 0 Å². The third-order valence-corrected chi connectivity index (χ3v) is 10.8. The number of amides is 1. The van der Waals surface area contributed by atoms with E-state index in [1.807, 2.05) is 25.1 Å². The maximum atomic E-state index is 13.4. The van der Waals surface area contributed by atoms with E-state index in [2.05, 4.69) is 40.5 Å². The first-order valence-electron chi connectivity index (χ1n) is 17.6. The number of carbonyl (C=O) groups is 2. The second-order valence-corrected chi connectivity index (χ2v) is 15.1. The van der Waals surface area contributed by atoms with Gasteiger partial charge in [-0.05, 0) is 83.6 Å². The molecule has 2 aromatic rings. The molecule has 46 heavy (non-hydrogen) atoms. The molecule has 1 saturated heterocycles. The van der Waals surface area contributed by atoms with Crippen LogP contribution in [0.3, 0.4) is 0 Å². The summed E-state index contributed by atoms with van der Waals surface area (Å²) in [5.74, 6) is 3.82. The average molecular weight is 631 g/mol. The fourth-order valence-electron chi connectivity index (χ4n) is 7.95. The number of anilines is 2. The first kappa shape index (κ1) is 32.9. The van der Waals surface area contributed by atoms with Gasteiger partial charge in [-0.3, -0.25) is 14.5 Å². The van der Waals surface area contributed by atoms with Crippen LogP contribution in [0.15, 0.2) is 24.4 Å². The molecule has 1 amide bonds. The molecule has 2 saturated carbocycles. The number of piperazine rings is 1. The number of methoxy groups -OCH3 is 1. The molecule has 1 aromatic heterocycles. The molecule has 3 heterocycles. The van der Waals surface area contributed by atoms with E-state index in [-0.39, 0.29) is 23.3 Å². The minimum atomic E-state index is -0.290. The van der Waals surface area contributed by atoms with Crippen molar-refractivity contribution in [2.45, 2.75) is 103 Å². The lowest BCUT2D eigenvalue weighted by Gasteiger charge is -2.47. The lowest BCUT2D eigenvalue weighted by Crippen LogP contribution is -2.59. The van der Waals surface area contributed by atoms with Crippen molar-refractivity contribution < 1.29 is 14.3 Å². The molecule has 250 valence electrons. The van der Waals surface area contributed by atoms with Crippen molar-refractivity contribution >= 4 is 23.2 Å². The number of ether oxygens (including phenoxy) is 1. The zero-order valence-corrected chi connectivity index (χ0v) is 28.9. The molecule has 2 aliphatic carbocycles. The van der Waals surface area contributed by atoms with Crippen molar-refractivity contribution in [3.8, 4) is 5.75 Å². The highest BCUT2D eigenvalue weighted by Gasteiger charge is 2.42. The Labute approximate surface area is 275 Å². The van der Waals surface area contributed by atoms with Crippen LogP contribution in [0.25, 0.3) is 0 Å². The number of carbonyl (C=O) groups excluding carboxylic acids is 2. The van der Waals surface area contributed by atoms with Crippen LogP contribution in [0.1, 0.15) is 101 Å². The molecule has 0 N–H and O–H groups in total. The molecule has 3 fully saturated rings. The van der Waals surface area contributed by atoms with Crippen molar-refractivity contribution in [2.24, 2.45) is 11.8 Å². The van der Waals surface area contributed by atoms with Crippen molar-refractivity contribution in [1.82, 2.24) is 19.8 Å². The van der Waals surface area contributed by atoms with Gasteiger partial charge in [0.25, 0.3) is 0 Å². The molecule has 1 atom stereocenters. The van der Waals surface area contributed by atoms with Crippen molar-refractivity contribution in [1.29, 1.82) is 0 Å². The normalized spacial score (nSPS) is 24.7. The Balaban J connectivity index is 1.07. The van der Waals surface area contributed by atoms with Gasteiger partial charge in [0, 0.05) is 75.3 Å². The largest absolute Gasteiger partial charge is 0.496 e. The Kier molecular flexibility index (Phi) is 9.72. The summed E-state index contributed by atoms with van der Waals surface area (Å²) in [5.41, 5.74) is 2.08. The van der Waals surface area contributed by atoms with Gasteiger partial charge in [0.15, 0.2) is 11.6 Å². The SMILES string of the molecule is CC[C@@H]1C(=O)N(C)c2cnc(Cc3ccc(C(=O)C[C@H]4CC[C@H](N5CCN(CC6CC6)CC5)CC4)cc3OC)nc2N1C(C)(C)C. The fraction of sp³-hybridized carbons (Fsp3) is 0.676. The third kappa shape index (κ3) is 7.10. The number of ketones is 1. The van der Waals surface area contributed by atoms with Gasteiger partial charge in [0.05, 0.1) is 13.3 Å². The van der Waals surface area contributed by atoms with Crippen LogP contribution in [0.4, 0.5) is 11.5 Å². The zero-order chi connectivity index (χ0) is 32.6. The number of Topliss-reactive ketones (excluding diaryl/α,β-unsaturated/α-hetero) is 1. The van der Waals surface area contributed by atoms with E-state index in [4.69, 9.17) is 9.72 Å². The lowest BCUT2D eigenvalue weighted by molar-refractivity contribution is -0.120. The van der Waals surface area contributed by atoms with Gasteiger partial charge in [0.1, 0.15) is 23.3 Å². The lowest BCUT2D eigenvalue weighted by atomic mass is 9.81. The quantitative estimate of drug-likeness (QED) is 0.314. The smallest absolute Gasteiger partial charge is 0.249 e. The standard InChI is InChI=1S/C37H54N6O3/c1-7-30-36(45)40(5)31-23-38-34(39-35(31)43(30)37(2,3)4)22-28-13-12-27(21-33(28)46-6)32(44)20-25-10-14-29(15-11-25)42-18-16-41(17-19-42)24-26-8-9-26/h12-13,21,23,25-26,29-30H,7-11,14-20,22,24H2,1-6H3/t25-,29-,30-/m1/s1. The fourth-order valence-corrected chi connectivity index (χ4v) is 7.95. The first-order valence-corrected chi connectivity index (χ1v) is 17.6. The topological polar surface area (TPSA) is 82.1 Å². The Morgan fingerprint density at radius 2 is 1.70 bits per heavy atom. The van der Waals surface area contributed by atoms with E-state index >= 15 is 0 Å². The van der Waals surface area contributed by atoms with Crippen molar-refractivity contribution in [3.63, 3.8) is 0 Å². The van der Waals surface area contributed by atoms with Gasteiger partial charge in [0.2, 0.25) is 5.91 Å². The zero-order valence-electron chi connectivity index (χ0n) is 28.9. The molecule has 6 rings (SSSR count). The van der Waals surface area contributed by atoms with E-state index in [1.165, 1.54) is 58.4 Å². The summed E-state index contributed by atoms with van der Waals surface area (Å²) in [4.78, 5) is 45.4. The predicted molar refractivity (Wildman–Crippen MR) is 183 cm³/mol. The molecule has 1 aromatic carbocycles.